The zero-order valence-electron chi connectivity index (χ0n) is 13.2. The Bertz CT molecular complexity index is 323. The quantitative estimate of drug-likeness (QED) is 0.654. The van der Waals surface area contributed by atoms with Gasteiger partial charge in [-0.1, -0.05) is 27.7 Å². The van der Waals surface area contributed by atoms with Crippen molar-refractivity contribution in [2.24, 2.45) is 11.8 Å². The van der Waals surface area contributed by atoms with Gasteiger partial charge in [0.15, 0.2) is 0 Å². The van der Waals surface area contributed by atoms with E-state index < -0.39 is 6.04 Å². The molecular weight excluding hydrogens is 254 g/mol. The predicted molar refractivity (Wildman–Crippen MR) is 80.3 cm³/mol. The minimum atomic E-state index is -0.442. The average Bonchev–Trinajstić information content (AvgIpc) is 2.84. The molecule has 0 aliphatic carbocycles. The highest BCUT2D eigenvalue weighted by Gasteiger charge is 2.25. The summed E-state index contributed by atoms with van der Waals surface area (Å²) < 4.78 is 0. The third-order valence-corrected chi connectivity index (χ3v) is 3.54. The highest BCUT2D eigenvalue weighted by Crippen LogP contribution is 2.06. The summed E-state index contributed by atoms with van der Waals surface area (Å²) >= 11 is 0. The zero-order valence-corrected chi connectivity index (χ0v) is 13.2. The van der Waals surface area contributed by atoms with E-state index in [2.05, 4.69) is 16.0 Å². The van der Waals surface area contributed by atoms with Gasteiger partial charge in [-0.2, -0.15) is 0 Å². The molecule has 3 N–H and O–H groups in total. The van der Waals surface area contributed by atoms with Gasteiger partial charge in [-0.15, -0.1) is 0 Å². The number of carbonyl (C=O) groups excluding carboxylic acids is 2. The smallest absolute Gasteiger partial charge is 0.242 e. The SMILES string of the molecule is CC(C)CC(=O)NC(C(=O)NCC1CCCN1)C(C)C. The normalized spacial score (nSPS) is 20.2. The second-order valence-corrected chi connectivity index (χ2v) is 6.43. The largest absolute Gasteiger partial charge is 0.353 e. The molecule has 0 aromatic heterocycles. The summed E-state index contributed by atoms with van der Waals surface area (Å²) in [6.07, 6.45) is 2.73. The number of rotatable bonds is 7. The van der Waals surface area contributed by atoms with Crippen LogP contribution in [0.4, 0.5) is 0 Å². The molecule has 5 nitrogen and oxygen atoms in total. The second kappa shape index (κ2) is 8.25. The molecule has 5 heteroatoms. The van der Waals surface area contributed by atoms with Crippen molar-refractivity contribution in [1.82, 2.24) is 16.0 Å². The lowest BCUT2D eigenvalue weighted by Crippen LogP contribution is -2.51. The van der Waals surface area contributed by atoms with Crippen LogP contribution in [0.25, 0.3) is 0 Å². The van der Waals surface area contributed by atoms with Crippen LogP contribution in [0.3, 0.4) is 0 Å². The number of hydrogen-bond donors (Lipinski definition) is 3. The molecule has 2 atom stereocenters. The van der Waals surface area contributed by atoms with Crippen LogP contribution in [0.15, 0.2) is 0 Å². The van der Waals surface area contributed by atoms with Gasteiger partial charge in [0.05, 0.1) is 0 Å². The van der Waals surface area contributed by atoms with E-state index in [-0.39, 0.29) is 17.7 Å². The standard InChI is InChI=1S/C15H29N3O2/c1-10(2)8-13(19)18-14(11(3)4)15(20)17-9-12-6-5-7-16-12/h10-12,14,16H,5-9H2,1-4H3,(H,17,20)(H,18,19). The van der Waals surface area contributed by atoms with Gasteiger partial charge >= 0.3 is 0 Å². The summed E-state index contributed by atoms with van der Waals surface area (Å²) in [4.78, 5) is 24.0. The van der Waals surface area contributed by atoms with Gasteiger partial charge in [-0.05, 0) is 31.2 Å². The summed E-state index contributed by atoms with van der Waals surface area (Å²) in [6, 6.07) is -0.0687. The molecule has 116 valence electrons. The molecule has 2 unspecified atom stereocenters. The van der Waals surface area contributed by atoms with Gasteiger partial charge in [-0.3, -0.25) is 9.59 Å². The number of nitrogens with one attached hydrogen (secondary N) is 3. The molecule has 0 spiro atoms. The van der Waals surface area contributed by atoms with Crippen LogP contribution >= 0.6 is 0 Å². The van der Waals surface area contributed by atoms with Crippen LogP contribution < -0.4 is 16.0 Å². The highest BCUT2D eigenvalue weighted by molar-refractivity contribution is 5.87. The van der Waals surface area contributed by atoms with Crippen LogP contribution in [0, 0.1) is 11.8 Å². The van der Waals surface area contributed by atoms with Gasteiger partial charge in [0, 0.05) is 19.0 Å². The van der Waals surface area contributed by atoms with E-state index in [1.807, 2.05) is 27.7 Å². The first-order valence-corrected chi connectivity index (χ1v) is 7.70. The molecule has 1 rings (SSSR count). The third-order valence-electron chi connectivity index (χ3n) is 3.54. The molecule has 1 aliphatic rings. The van der Waals surface area contributed by atoms with Crippen molar-refractivity contribution in [2.75, 3.05) is 13.1 Å². The van der Waals surface area contributed by atoms with E-state index in [9.17, 15) is 9.59 Å². The molecule has 0 aromatic rings. The Hall–Kier alpha value is -1.10. The Morgan fingerprint density at radius 3 is 2.45 bits per heavy atom. The van der Waals surface area contributed by atoms with E-state index in [0.29, 0.717) is 24.9 Å². The second-order valence-electron chi connectivity index (χ2n) is 6.43. The summed E-state index contributed by atoms with van der Waals surface area (Å²) in [5.74, 6) is 0.259. The van der Waals surface area contributed by atoms with Gasteiger partial charge in [0.25, 0.3) is 0 Å². The molecule has 1 aliphatic heterocycles. The van der Waals surface area contributed by atoms with E-state index in [1.165, 1.54) is 6.42 Å². The fraction of sp³-hybridized carbons (Fsp3) is 0.867. The summed E-state index contributed by atoms with van der Waals surface area (Å²) in [6.45, 7) is 9.56. The average molecular weight is 283 g/mol. The Labute approximate surface area is 122 Å². The first-order valence-electron chi connectivity index (χ1n) is 7.70. The molecule has 0 bridgehead atoms. The molecule has 1 fully saturated rings. The number of hydrogen-bond acceptors (Lipinski definition) is 3. The maximum absolute atomic E-state index is 12.2. The van der Waals surface area contributed by atoms with Gasteiger partial charge in [0.2, 0.25) is 11.8 Å². The fourth-order valence-electron chi connectivity index (χ4n) is 2.40. The van der Waals surface area contributed by atoms with Gasteiger partial charge in [-0.25, -0.2) is 0 Å². The van der Waals surface area contributed by atoms with E-state index in [0.717, 1.165) is 13.0 Å². The van der Waals surface area contributed by atoms with Gasteiger partial charge in [0.1, 0.15) is 6.04 Å². The summed E-state index contributed by atoms with van der Waals surface area (Å²) in [7, 11) is 0. The van der Waals surface area contributed by atoms with Crippen molar-refractivity contribution in [1.29, 1.82) is 0 Å². The highest BCUT2D eigenvalue weighted by atomic mass is 16.2. The molecule has 1 saturated heterocycles. The van der Waals surface area contributed by atoms with Crippen LogP contribution in [0.2, 0.25) is 0 Å². The first-order chi connectivity index (χ1) is 9.40. The Morgan fingerprint density at radius 1 is 1.25 bits per heavy atom. The molecule has 20 heavy (non-hydrogen) atoms. The van der Waals surface area contributed by atoms with Crippen molar-refractivity contribution >= 4 is 11.8 Å². The van der Waals surface area contributed by atoms with Crippen LogP contribution in [0.1, 0.15) is 47.0 Å². The predicted octanol–water partition coefficient (Wildman–Crippen LogP) is 1.04. The molecular formula is C15H29N3O2. The van der Waals surface area contributed by atoms with Crippen molar-refractivity contribution < 1.29 is 9.59 Å². The zero-order chi connectivity index (χ0) is 15.1. The summed E-state index contributed by atoms with van der Waals surface area (Å²) in [5.41, 5.74) is 0. The van der Waals surface area contributed by atoms with Crippen LogP contribution in [-0.4, -0.2) is 37.0 Å². The third kappa shape index (κ3) is 5.90. The van der Waals surface area contributed by atoms with Crippen molar-refractivity contribution in [3.63, 3.8) is 0 Å². The molecule has 0 aromatic carbocycles. The lowest BCUT2D eigenvalue weighted by molar-refractivity contribution is -0.130. The first kappa shape index (κ1) is 17.0. The van der Waals surface area contributed by atoms with Crippen molar-refractivity contribution in [3.05, 3.63) is 0 Å². The summed E-state index contributed by atoms with van der Waals surface area (Å²) in [5, 5.41) is 9.15. The minimum Gasteiger partial charge on any atom is -0.353 e. The van der Waals surface area contributed by atoms with E-state index >= 15 is 0 Å². The minimum absolute atomic E-state index is 0.0483. The molecule has 0 radical (unpaired) electrons. The van der Waals surface area contributed by atoms with Crippen LogP contribution in [-0.2, 0) is 9.59 Å². The Kier molecular flexibility index (Phi) is 6.99. The monoisotopic (exact) mass is 283 g/mol. The lowest BCUT2D eigenvalue weighted by atomic mass is 10.0. The molecule has 1 heterocycles. The maximum atomic E-state index is 12.2. The number of carbonyl (C=O) groups is 2. The van der Waals surface area contributed by atoms with E-state index in [4.69, 9.17) is 0 Å². The molecule has 0 saturated carbocycles. The van der Waals surface area contributed by atoms with Crippen molar-refractivity contribution in [2.45, 2.75) is 59.0 Å². The van der Waals surface area contributed by atoms with Crippen LogP contribution in [0.5, 0.6) is 0 Å². The topological polar surface area (TPSA) is 70.2 Å². The Balaban J connectivity index is 2.43. The molecule has 2 amide bonds. The van der Waals surface area contributed by atoms with Gasteiger partial charge < -0.3 is 16.0 Å². The maximum Gasteiger partial charge on any atom is 0.242 e. The van der Waals surface area contributed by atoms with Crippen molar-refractivity contribution in [3.8, 4) is 0 Å². The number of amides is 2. The van der Waals surface area contributed by atoms with E-state index in [1.54, 1.807) is 0 Å². The fourth-order valence-corrected chi connectivity index (χ4v) is 2.40. The lowest BCUT2D eigenvalue weighted by Gasteiger charge is -2.23. The Morgan fingerprint density at radius 2 is 1.95 bits per heavy atom.